The summed E-state index contributed by atoms with van der Waals surface area (Å²) < 4.78 is 11.0. The number of aromatic amines is 1. The number of hydrogen-bond donors (Lipinski definition) is 2. The van der Waals surface area contributed by atoms with Crippen molar-refractivity contribution in [3.63, 3.8) is 0 Å². The monoisotopic (exact) mass is 322 g/mol. The number of ketones is 1. The van der Waals surface area contributed by atoms with Gasteiger partial charge in [-0.3, -0.25) is 9.59 Å². The zero-order chi connectivity index (χ0) is 16.8. The lowest BCUT2D eigenvalue weighted by molar-refractivity contribution is 0.0166. The molecule has 6 nitrogen and oxygen atoms in total. The lowest BCUT2D eigenvalue weighted by Crippen LogP contribution is -2.26. The van der Waals surface area contributed by atoms with Gasteiger partial charge in [-0.25, -0.2) is 0 Å². The fourth-order valence-corrected chi connectivity index (χ4v) is 2.96. The van der Waals surface area contributed by atoms with E-state index in [1.54, 1.807) is 13.8 Å². The van der Waals surface area contributed by atoms with Crippen LogP contribution in [-0.2, 0) is 9.47 Å². The standard InChI is InChI=1S/C17H26N2O4/c1-11-15(13(3)20)12(2)19-16(11)17(21)18-7-5-8-22-10-14-6-4-9-23-14/h14,19H,4-10H2,1-3H3,(H,18,21). The Balaban J connectivity index is 1.70. The van der Waals surface area contributed by atoms with Crippen LogP contribution in [0.25, 0.3) is 0 Å². The summed E-state index contributed by atoms with van der Waals surface area (Å²) in [6.07, 6.45) is 3.16. The third-order valence-electron chi connectivity index (χ3n) is 4.10. The summed E-state index contributed by atoms with van der Waals surface area (Å²) in [5.74, 6) is -0.213. The van der Waals surface area contributed by atoms with Crippen LogP contribution in [0.4, 0.5) is 0 Å². The van der Waals surface area contributed by atoms with E-state index in [0.29, 0.717) is 36.6 Å². The molecule has 1 aromatic heterocycles. The predicted octanol–water partition coefficient (Wildman–Crippen LogP) is 2.15. The molecule has 128 valence electrons. The fourth-order valence-electron chi connectivity index (χ4n) is 2.96. The summed E-state index contributed by atoms with van der Waals surface area (Å²) in [4.78, 5) is 26.8. The van der Waals surface area contributed by atoms with E-state index in [9.17, 15) is 9.59 Å². The number of ether oxygens (including phenoxy) is 2. The average molecular weight is 322 g/mol. The largest absolute Gasteiger partial charge is 0.379 e. The summed E-state index contributed by atoms with van der Waals surface area (Å²) >= 11 is 0. The van der Waals surface area contributed by atoms with Crippen molar-refractivity contribution in [3.8, 4) is 0 Å². The zero-order valence-corrected chi connectivity index (χ0v) is 14.2. The second kappa shape index (κ2) is 8.26. The second-order valence-electron chi connectivity index (χ2n) is 6.00. The summed E-state index contributed by atoms with van der Waals surface area (Å²) in [6.45, 7) is 7.71. The number of Topliss-reactive ketones (excluding diaryl/α,β-unsaturated/α-hetero) is 1. The average Bonchev–Trinajstić information content (AvgIpc) is 3.10. The van der Waals surface area contributed by atoms with Gasteiger partial charge >= 0.3 is 0 Å². The molecule has 1 amide bonds. The van der Waals surface area contributed by atoms with Crippen LogP contribution in [0.2, 0.25) is 0 Å². The van der Waals surface area contributed by atoms with Crippen LogP contribution < -0.4 is 5.32 Å². The van der Waals surface area contributed by atoms with Gasteiger partial charge in [-0.05, 0) is 45.6 Å². The number of aryl methyl sites for hydroxylation is 1. The number of H-pyrrole nitrogens is 1. The Hall–Kier alpha value is -1.66. The third kappa shape index (κ3) is 4.65. The van der Waals surface area contributed by atoms with Gasteiger partial charge in [0.05, 0.1) is 12.7 Å². The quantitative estimate of drug-likeness (QED) is 0.568. The molecule has 0 saturated carbocycles. The van der Waals surface area contributed by atoms with Crippen LogP contribution in [0.3, 0.4) is 0 Å². The summed E-state index contributed by atoms with van der Waals surface area (Å²) in [5, 5.41) is 2.85. The predicted molar refractivity (Wildman–Crippen MR) is 87.0 cm³/mol. The van der Waals surface area contributed by atoms with E-state index in [1.807, 2.05) is 0 Å². The summed E-state index contributed by atoms with van der Waals surface area (Å²) in [7, 11) is 0. The van der Waals surface area contributed by atoms with Gasteiger partial charge in [0.25, 0.3) is 5.91 Å². The minimum absolute atomic E-state index is 0.0298. The molecule has 23 heavy (non-hydrogen) atoms. The van der Waals surface area contributed by atoms with Crippen LogP contribution in [0, 0.1) is 13.8 Å². The van der Waals surface area contributed by atoms with E-state index in [1.165, 1.54) is 6.92 Å². The first-order valence-corrected chi connectivity index (χ1v) is 8.18. The van der Waals surface area contributed by atoms with E-state index in [2.05, 4.69) is 10.3 Å². The fraction of sp³-hybridized carbons (Fsp3) is 0.647. The molecular weight excluding hydrogens is 296 g/mol. The number of carbonyl (C=O) groups is 2. The van der Waals surface area contributed by atoms with Crippen molar-refractivity contribution in [1.82, 2.24) is 10.3 Å². The Morgan fingerprint density at radius 3 is 2.78 bits per heavy atom. The van der Waals surface area contributed by atoms with Crippen molar-refractivity contribution in [3.05, 3.63) is 22.5 Å². The summed E-state index contributed by atoms with van der Waals surface area (Å²) in [6, 6.07) is 0. The highest BCUT2D eigenvalue weighted by molar-refractivity contribution is 6.02. The van der Waals surface area contributed by atoms with Crippen molar-refractivity contribution in [1.29, 1.82) is 0 Å². The van der Waals surface area contributed by atoms with Gasteiger partial charge in [0.2, 0.25) is 0 Å². The van der Waals surface area contributed by atoms with Crippen molar-refractivity contribution in [2.75, 3.05) is 26.4 Å². The maximum absolute atomic E-state index is 12.2. The number of aromatic nitrogens is 1. The number of carbonyl (C=O) groups excluding carboxylic acids is 2. The maximum atomic E-state index is 12.2. The molecule has 0 aromatic carbocycles. The first kappa shape index (κ1) is 17.7. The molecule has 1 unspecified atom stereocenters. The first-order chi connectivity index (χ1) is 11.0. The zero-order valence-electron chi connectivity index (χ0n) is 14.2. The molecule has 0 radical (unpaired) electrons. The van der Waals surface area contributed by atoms with E-state index >= 15 is 0 Å². The Morgan fingerprint density at radius 2 is 2.17 bits per heavy atom. The van der Waals surface area contributed by atoms with Gasteiger partial charge in [-0.15, -0.1) is 0 Å². The molecule has 1 aliphatic rings. The van der Waals surface area contributed by atoms with E-state index in [0.717, 1.165) is 31.6 Å². The molecule has 2 rings (SSSR count). The van der Waals surface area contributed by atoms with E-state index in [4.69, 9.17) is 9.47 Å². The third-order valence-corrected chi connectivity index (χ3v) is 4.10. The summed E-state index contributed by atoms with van der Waals surface area (Å²) in [5.41, 5.74) is 2.52. The van der Waals surface area contributed by atoms with Crippen molar-refractivity contribution in [2.45, 2.75) is 46.1 Å². The number of rotatable bonds is 8. The van der Waals surface area contributed by atoms with Gasteiger partial charge in [0.15, 0.2) is 5.78 Å². The molecule has 1 aliphatic heterocycles. The van der Waals surface area contributed by atoms with E-state index in [-0.39, 0.29) is 17.8 Å². The highest BCUT2D eigenvalue weighted by Gasteiger charge is 2.19. The minimum atomic E-state index is -0.183. The molecule has 1 atom stereocenters. The lowest BCUT2D eigenvalue weighted by Gasteiger charge is -2.10. The molecule has 0 aliphatic carbocycles. The van der Waals surface area contributed by atoms with Crippen LogP contribution in [0.1, 0.15) is 58.3 Å². The van der Waals surface area contributed by atoms with Crippen molar-refractivity contribution in [2.24, 2.45) is 0 Å². The van der Waals surface area contributed by atoms with Gasteiger partial charge in [-0.2, -0.15) is 0 Å². The Bertz CT molecular complexity index is 559. The molecule has 0 spiro atoms. The number of nitrogens with one attached hydrogen (secondary N) is 2. The highest BCUT2D eigenvalue weighted by atomic mass is 16.5. The van der Waals surface area contributed by atoms with Gasteiger partial charge in [-0.1, -0.05) is 0 Å². The molecular formula is C17H26N2O4. The topological polar surface area (TPSA) is 80.4 Å². The lowest BCUT2D eigenvalue weighted by atomic mass is 10.1. The Morgan fingerprint density at radius 1 is 1.39 bits per heavy atom. The van der Waals surface area contributed by atoms with Crippen molar-refractivity contribution >= 4 is 11.7 Å². The second-order valence-corrected chi connectivity index (χ2v) is 6.00. The highest BCUT2D eigenvalue weighted by Crippen LogP contribution is 2.18. The molecule has 0 bridgehead atoms. The molecule has 1 aromatic rings. The first-order valence-electron chi connectivity index (χ1n) is 8.18. The Labute approximate surface area is 136 Å². The number of amides is 1. The molecule has 1 fully saturated rings. The van der Waals surface area contributed by atoms with E-state index < -0.39 is 0 Å². The smallest absolute Gasteiger partial charge is 0.268 e. The van der Waals surface area contributed by atoms with Gasteiger partial charge < -0.3 is 19.8 Å². The minimum Gasteiger partial charge on any atom is -0.379 e. The maximum Gasteiger partial charge on any atom is 0.268 e. The van der Waals surface area contributed by atoms with Crippen LogP contribution in [0.15, 0.2) is 0 Å². The van der Waals surface area contributed by atoms with Crippen LogP contribution in [0.5, 0.6) is 0 Å². The molecule has 6 heteroatoms. The molecule has 2 heterocycles. The van der Waals surface area contributed by atoms with Crippen molar-refractivity contribution < 1.29 is 19.1 Å². The molecule has 1 saturated heterocycles. The van der Waals surface area contributed by atoms with Gasteiger partial charge in [0, 0.05) is 31.0 Å². The van der Waals surface area contributed by atoms with Gasteiger partial charge in [0.1, 0.15) is 5.69 Å². The molecule has 2 N–H and O–H groups in total. The Kier molecular flexibility index (Phi) is 6.36. The normalized spacial score (nSPS) is 17.4. The SMILES string of the molecule is CC(=O)c1c(C)[nH]c(C(=O)NCCCOCC2CCCO2)c1C. The number of hydrogen-bond acceptors (Lipinski definition) is 4. The van der Waals surface area contributed by atoms with Crippen LogP contribution in [-0.4, -0.2) is 49.1 Å². The van der Waals surface area contributed by atoms with Crippen LogP contribution >= 0.6 is 0 Å².